The van der Waals surface area contributed by atoms with E-state index in [1.807, 2.05) is 74.5 Å². The Balaban J connectivity index is 1.75. The summed E-state index contributed by atoms with van der Waals surface area (Å²) in [5, 5.41) is 11.5. The maximum atomic E-state index is 12.2. The smallest absolute Gasteiger partial charge is 0.255 e. The van der Waals surface area contributed by atoms with Crippen molar-refractivity contribution in [3.8, 4) is 0 Å². The number of rotatable bonds is 4. The number of azo groups is 1. The summed E-state index contributed by atoms with van der Waals surface area (Å²) < 4.78 is 0. The van der Waals surface area contributed by atoms with Gasteiger partial charge in [0.15, 0.2) is 0 Å². The second-order valence-electron chi connectivity index (χ2n) is 5.81. The van der Waals surface area contributed by atoms with Crippen LogP contribution in [0.4, 0.5) is 17.1 Å². The lowest BCUT2D eigenvalue weighted by Crippen LogP contribution is -2.11. The van der Waals surface area contributed by atoms with Crippen LogP contribution in [0.25, 0.3) is 0 Å². The number of hydrogen-bond acceptors (Lipinski definition) is 3. The number of benzene rings is 3. The summed E-state index contributed by atoms with van der Waals surface area (Å²) >= 11 is 0. The van der Waals surface area contributed by atoms with Gasteiger partial charge in [-0.1, -0.05) is 36.4 Å². The molecule has 1 amide bonds. The lowest BCUT2D eigenvalue weighted by molar-refractivity contribution is 0.102. The average Bonchev–Trinajstić information content (AvgIpc) is 2.63. The van der Waals surface area contributed by atoms with Crippen LogP contribution in [0.3, 0.4) is 0 Å². The number of hydrogen-bond donors (Lipinski definition) is 1. The number of amides is 1. The topological polar surface area (TPSA) is 53.8 Å². The van der Waals surface area contributed by atoms with Crippen molar-refractivity contribution in [1.29, 1.82) is 0 Å². The second-order valence-corrected chi connectivity index (χ2v) is 5.81. The normalized spacial score (nSPS) is 10.8. The van der Waals surface area contributed by atoms with Gasteiger partial charge in [-0.05, 0) is 61.4 Å². The van der Waals surface area contributed by atoms with Gasteiger partial charge in [-0.15, -0.1) is 0 Å². The van der Waals surface area contributed by atoms with Gasteiger partial charge in [-0.25, -0.2) is 0 Å². The molecule has 0 aliphatic heterocycles. The summed E-state index contributed by atoms with van der Waals surface area (Å²) in [4.78, 5) is 12.2. The molecule has 1 N–H and O–H groups in total. The molecule has 0 heterocycles. The number of nitrogens with zero attached hydrogens (tertiary/aromatic N) is 2. The van der Waals surface area contributed by atoms with Crippen molar-refractivity contribution in [2.24, 2.45) is 10.2 Å². The van der Waals surface area contributed by atoms with Crippen LogP contribution in [-0.2, 0) is 0 Å². The summed E-state index contributed by atoms with van der Waals surface area (Å²) in [6.45, 7) is 3.95. The van der Waals surface area contributed by atoms with Crippen LogP contribution in [0, 0.1) is 13.8 Å². The fraction of sp³-hybridized carbons (Fsp3) is 0.0952. The Morgan fingerprint density at radius 2 is 1.40 bits per heavy atom. The molecule has 0 aromatic heterocycles. The molecular weight excluding hydrogens is 310 g/mol. The number of anilines is 1. The molecule has 0 saturated carbocycles. The zero-order chi connectivity index (χ0) is 17.6. The molecule has 0 fully saturated rings. The Morgan fingerprint density at radius 1 is 0.760 bits per heavy atom. The van der Waals surface area contributed by atoms with Gasteiger partial charge in [0, 0.05) is 11.3 Å². The Hall–Kier alpha value is -3.27. The Bertz CT molecular complexity index is 917. The maximum Gasteiger partial charge on any atom is 0.255 e. The molecule has 3 aromatic carbocycles. The van der Waals surface area contributed by atoms with Crippen molar-refractivity contribution < 1.29 is 4.79 Å². The zero-order valence-electron chi connectivity index (χ0n) is 14.2. The van der Waals surface area contributed by atoms with E-state index >= 15 is 0 Å². The Morgan fingerprint density at radius 3 is 2.08 bits per heavy atom. The van der Waals surface area contributed by atoms with E-state index in [0.29, 0.717) is 5.56 Å². The highest BCUT2D eigenvalue weighted by Crippen LogP contribution is 2.26. The first-order chi connectivity index (χ1) is 12.1. The predicted molar refractivity (Wildman–Crippen MR) is 101 cm³/mol. The monoisotopic (exact) mass is 329 g/mol. The summed E-state index contributed by atoms with van der Waals surface area (Å²) in [6.07, 6.45) is 0. The Kier molecular flexibility index (Phi) is 5.00. The maximum absolute atomic E-state index is 12.2. The largest absolute Gasteiger partial charge is 0.322 e. The molecule has 0 atom stereocenters. The summed E-state index contributed by atoms with van der Waals surface area (Å²) in [7, 11) is 0. The van der Waals surface area contributed by atoms with Crippen molar-refractivity contribution >= 4 is 23.0 Å². The number of nitrogens with one attached hydrogen (secondary N) is 1. The fourth-order valence-corrected chi connectivity index (χ4v) is 2.42. The summed E-state index contributed by atoms with van der Waals surface area (Å²) in [6, 6.07) is 22.6. The first-order valence-electron chi connectivity index (χ1n) is 8.08. The second kappa shape index (κ2) is 7.53. The fourth-order valence-electron chi connectivity index (χ4n) is 2.42. The summed E-state index contributed by atoms with van der Waals surface area (Å²) in [5.74, 6) is -0.130. The van der Waals surface area contributed by atoms with E-state index in [2.05, 4.69) is 15.5 Å². The third kappa shape index (κ3) is 4.18. The highest BCUT2D eigenvalue weighted by atomic mass is 16.1. The molecule has 3 aromatic rings. The minimum absolute atomic E-state index is 0.130. The SMILES string of the molecule is Cc1ccccc1N=Nc1ccc(NC(=O)c2ccccc2)cc1C. The highest BCUT2D eigenvalue weighted by molar-refractivity contribution is 6.04. The van der Waals surface area contributed by atoms with Crippen LogP contribution >= 0.6 is 0 Å². The van der Waals surface area contributed by atoms with Gasteiger partial charge in [0.25, 0.3) is 5.91 Å². The van der Waals surface area contributed by atoms with E-state index in [9.17, 15) is 4.79 Å². The van der Waals surface area contributed by atoms with Crippen molar-refractivity contribution in [3.05, 3.63) is 89.5 Å². The van der Waals surface area contributed by atoms with Gasteiger partial charge in [0.05, 0.1) is 11.4 Å². The lowest BCUT2D eigenvalue weighted by atomic mass is 10.1. The third-order valence-electron chi connectivity index (χ3n) is 3.87. The van der Waals surface area contributed by atoms with E-state index in [0.717, 1.165) is 28.2 Å². The van der Waals surface area contributed by atoms with Crippen LogP contribution < -0.4 is 5.32 Å². The first-order valence-corrected chi connectivity index (χ1v) is 8.08. The van der Waals surface area contributed by atoms with E-state index < -0.39 is 0 Å². The molecule has 0 saturated heterocycles. The third-order valence-corrected chi connectivity index (χ3v) is 3.87. The highest BCUT2D eigenvalue weighted by Gasteiger charge is 2.06. The molecule has 0 bridgehead atoms. The molecule has 3 rings (SSSR count). The average molecular weight is 329 g/mol. The molecule has 0 radical (unpaired) electrons. The van der Waals surface area contributed by atoms with Crippen LogP contribution in [0.1, 0.15) is 21.5 Å². The van der Waals surface area contributed by atoms with Crippen LogP contribution in [0.15, 0.2) is 83.0 Å². The molecule has 0 spiro atoms. The van der Waals surface area contributed by atoms with Gasteiger partial charge < -0.3 is 5.32 Å². The molecular formula is C21H19N3O. The minimum Gasteiger partial charge on any atom is -0.322 e. The standard InChI is InChI=1S/C21H19N3O/c1-15-8-6-7-11-19(15)23-24-20-13-12-18(14-16(20)2)22-21(25)17-9-4-3-5-10-17/h3-14H,1-2H3,(H,22,25). The van der Waals surface area contributed by atoms with Gasteiger partial charge in [-0.3, -0.25) is 4.79 Å². The minimum atomic E-state index is -0.130. The van der Waals surface area contributed by atoms with E-state index in [-0.39, 0.29) is 5.91 Å². The van der Waals surface area contributed by atoms with E-state index in [4.69, 9.17) is 0 Å². The zero-order valence-corrected chi connectivity index (χ0v) is 14.2. The van der Waals surface area contributed by atoms with Crippen LogP contribution in [0.5, 0.6) is 0 Å². The number of aryl methyl sites for hydroxylation is 2. The van der Waals surface area contributed by atoms with Gasteiger partial charge >= 0.3 is 0 Å². The van der Waals surface area contributed by atoms with Gasteiger partial charge in [0.2, 0.25) is 0 Å². The molecule has 4 heteroatoms. The molecule has 0 unspecified atom stereocenters. The van der Waals surface area contributed by atoms with Crippen LogP contribution in [0.2, 0.25) is 0 Å². The van der Waals surface area contributed by atoms with Crippen molar-refractivity contribution in [2.45, 2.75) is 13.8 Å². The molecule has 4 nitrogen and oxygen atoms in total. The van der Waals surface area contributed by atoms with E-state index in [1.54, 1.807) is 12.1 Å². The summed E-state index contributed by atoms with van der Waals surface area (Å²) in [5.41, 5.74) is 5.02. The molecule has 124 valence electrons. The van der Waals surface area contributed by atoms with Crippen molar-refractivity contribution in [3.63, 3.8) is 0 Å². The van der Waals surface area contributed by atoms with Crippen LogP contribution in [-0.4, -0.2) is 5.91 Å². The van der Waals surface area contributed by atoms with E-state index in [1.165, 1.54) is 0 Å². The molecule has 25 heavy (non-hydrogen) atoms. The lowest BCUT2D eigenvalue weighted by Gasteiger charge is -2.07. The predicted octanol–water partition coefficient (Wildman–Crippen LogP) is 5.97. The molecule has 0 aliphatic carbocycles. The Labute approximate surface area is 147 Å². The number of carbonyl (C=O) groups is 1. The number of carbonyl (C=O) groups excluding carboxylic acids is 1. The van der Waals surface area contributed by atoms with Gasteiger partial charge in [-0.2, -0.15) is 10.2 Å². The van der Waals surface area contributed by atoms with Crippen molar-refractivity contribution in [2.75, 3.05) is 5.32 Å². The first kappa shape index (κ1) is 16.6. The quantitative estimate of drug-likeness (QED) is 0.589. The van der Waals surface area contributed by atoms with Gasteiger partial charge in [0.1, 0.15) is 0 Å². The van der Waals surface area contributed by atoms with Crippen molar-refractivity contribution in [1.82, 2.24) is 0 Å². The molecule has 0 aliphatic rings.